The Morgan fingerprint density at radius 1 is 1.58 bits per heavy atom. The Morgan fingerprint density at radius 2 is 2.17 bits per heavy atom. The van der Waals surface area contributed by atoms with Crippen LogP contribution in [0.5, 0.6) is 0 Å². The number of nitrogens with one attached hydrogen (secondary N) is 1. The minimum atomic E-state index is 0.00264. The third kappa shape index (κ3) is 6.28. The third-order valence-corrected chi connectivity index (χ3v) is 1.92. The molecule has 0 aromatic heterocycles. The molecule has 0 aliphatic rings. The van der Waals surface area contributed by atoms with Gasteiger partial charge in [-0.25, -0.2) is 0 Å². The van der Waals surface area contributed by atoms with Gasteiger partial charge in [0.1, 0.15) is 0 Å². The van der Waals surface area contributed by atoms with E-state index >= 15 is 0 Å². The fraction of sp³-hybridized carbons (Fsp3) is 0.667. The lowest BCUT2D eigenvalue weighted by atomic mass is 10.2. The van der Waals surface area contributed by atoms with Crippen molar-refractivity contribution in [3.05, 3.63) is 11.1 Å². The Balaban J connectivity index is 4.12. The molecule has 1 amide bonds. The summed E-state index contributed by atoms with van der Waals surface area (Å²) in [7, 11) is 0. The topological polar surface area (TPSA) is 29.1 Å². The molecule has 12 heavy (non-hydrogen) atoms. The number of hydrogen-bond donors (Lipinski definition) is 1. The second-order valence-electron chi connectivity index (χ2n) is 2.89. The van der Waals surface area contributed by atoms with Crippen molar-refractivity contribution in [2.24, 2.45) is 5.92 Å². The van der Waals surface area contributed by atoms with Gasteiger partial charge in [-0.1, -0.05) is 26.8 Å². The number of carbonyl (C=O) groups excluding carboxylic acids is 1. The standard InChI is InChI=1S/C9H17NOS/c1-5-12-9(6-7(2)3)10-8(4)11/h6-7H,5H2,1-4H3,(H,10,11). The summed E-state index contributed by atoms with van der Waals surface area (Å²) in [5, 5.41) is 3.77. The van der Waals surface area contributed by atoms with E-state index in [1.165, 1.54) is 6.92 Å². The summed E-state index contributed by atoms with van der Waals surface area (Å²) in [6.45, 7) is 7.79. The lowest BCUT2D eigenvalue weighted by molar-refractivity contribution is -0.118. The van der Waals surface area contributed by atoms with Gasteiger partial charge in [0.05, 0.1) is 5.03 Å². The van der Waals surface area contributed by atoms with Crippen molar-refractivity contribution in [2.45, 2.75) is 27.7 Å². The largest absolute Gasteiger partial charge is 0.321 e. The maximum Gasteiger partial charge on any atom is 0.221 e. The smallest absolute Gasteiger partial charge is 0.221 e. The second kappa shape index (κ2) is 6.12. The van der Waals surface area contributed by atoms with E-state index in [-0.39, 0.29) is 5.91 Å². The molecule has 1 N–H and O–H groups in total. The lowest BCUT2D eigenvalue weighted by Crippen LogP contribution is -2.17. The van der Waals surface area contributed by atoms with Gasteiger partial charge < -0.3 is 5.32 Å². The summed E-state index contributed by atoms with van der Waals surface area (Å²) in [4.78, 5) is 10.7. The van der Waals surface area contributed by atoms with Crippen LogP contribution in [0.3, 0.4) is 0 Å². The maximum atomic E-state index is 10.7. The van der Waals surface area contributed by atoms with E-state index in [2.05, 4.69) is 32.2 Å². The third-order valence-electron chi connectivity index (χ3n) is 1.08. The second-order valence-corrected chi connectivity index (χ2v) is 4.19. The summed E-state index contributed by atoms with van der Waals surface area (Å²) in [6.07, 6.45) is 2.07. The Kier molecular flexibility index (Phi) is 5.89. The number of thioether (sulfide) groups is 1. The van der Waals surface area contributed by atoms with Crippen molar-refractivity contribution in [3.63, 3.8) is 0 Å². The van der Waals surface area contributed by atoms with Gasteiger partial charge in [-0.15, -0.1) is 11.8 Å². The Morgan fingerprint density at radius 3 is 2.50 bits per heavy atom. The first-order chi connectivity index (χ1) is 5.56. The summed E-state index contributed by atoms with van der Waals surface area (Å²) in [5.74, 6) is 1.47. The van der Waals surface area contributed by atoms with Gasteiger partial charge in [0.25, 0.3) is 0 Å². The predicted octanol–water partition coefficient (Wildman–Crippen LogP) is 2.37. The summed E-state index contributed by atoms with van der Waals surface area (Å²) in [5.41, 5.74) is 0. The fourth-order valence-electron chi connectivity index (χ4n) is 0.758. The molecule has 0 saturated heterocycles. The van der Waals surface area contributed by atoms with Crippen LogP contribution in [-0.2, 0) is 4.79 Å². The zero-order valence-corrected chi connectivity index (χ0v) is 8.99. The molecule has 2 nitrogen and oxygen atoms in total. The highest BCUT2D eigenvalue weighted by Crippen LogP contribution is 2.14. The molecule has 0 aliphatic heterocycles. The molecule has 70 valence electrons. The molecular formula is C9H17NOS. The molecule has 0 radical (unpaired) electrons. The van der Waals surface area contributed by atoms with Crippen LogP contribution in [-0.4, -0.2) is 11.7 Å². The van der Waals surface area contributed by atoms with Gasteiger partial charge in [0.2, 0.25) is 5.91 Å². The van der Waals surface area contributed by atoms with E-state index in [9.17, 15) is 4.79 Å². The number of carbonyl (C=O) groups is 1. The van der Waals surface area contributed by atoms with Gasteiger partial charge in [0.15, 0.2) is 0 Å². The van der Waals surface area contributed by atoms with Gasteiger partial charge in [0, 0.05) is 6.92 Å². The van der Waals surface area contributed by atoms with Crippen molar-refractivity contribution in [3.8, 4) is 0 Å². The van der Waals surface area contributed by atoms with Crippen molar-refractivity contribution in [2.75, 3.05) is 5.75 Å². The van der Waals surface area contributed by atoms with Crippen LogP contribution < -0.4 is 5.32 Å². The molecule has 0 atom stereocenters. The SMILES string of the molecule is CCSC(=CC(C)C)NC(C)=O. The molecule has 0 saturated carbocycles. The van der Waals surface area contributed by atoms with Crippen molar-refractivity contribution in [1.29, 1.82) is 0 Å². The minimum absolute atomic E-state index is 0.00264. The Labute approximate surface area is 78.8 Å². The van der Waals surface area contributed by atoms with Crippen molar-refractivity contribution < 1.29 is 4.79 Å². The zero-order chi connectivity index (χ0) is 9.56. The molecule has 0 aliphatic carbocycles. The molecule has 0 aromatic rings. The number of rotatable bonds is 4. The molecular weight excluding hydrogens is 170 g/mol. The number of hydrogen-bond acceptors (Lipinski definition) is 2. The average molecular weight is 187 g/mol. The molecule has 0 spiro atoms. The monoisotopic (exact) mass is 187 g/mol. The number of allylic oxidation sites excluding steroid dienone is 1. The predicted molar refractivity (Wildman–Crippen MR) is 54.9 cm³/mol. The summed E-state index contributed by atoms with van der Waals surface area (Å²) < 4.78 is 0. The van der Waals surface area contributed by atoms with E-state index in [4.69, 9.17) is 0 Å². The van der Waals surface area contributed by atoms with Gasteiger partial charge >= 0.3 is 0 Å². The molecule has 0 rings (SSSR count). The van der Waals surface area contributed by atoms with Crippen molar-refractivity contribution >= 4 is 17.7 Å². The van der Waals surface area contributed by atoms with E-state index in [0.29, 0.717) is 5.92 Å². The van der Waals surface area contributed by atoms with Gasteiger partial charge in [-0.2, -0.15) is 0 Å². The molecule has 3 heteroatoms. The van der Waals surface area contributed by atoms with E-state index in [1.807, 2.05) is 0 Å². The molecule has 0 heterocycles. The fourth-order valence-corrected chi connectivity index (χ4v) is 1.65. The molecule has 0 fully saturated rings. The highest BCUT2D eigenvalue weighted by Gasteiger charge is 1.99. The van der Waals surface area contributed by atoms with Gasteiger partial charge in [-0.3, -0.25) is 4.79 Å². The zero-order valence-electron chi connectivity index (χ0n) is 8.18. The summed E-state index contributed by atoms with van der Waals surface area (Å²) >= 11 is 1.66. The van der Waals surface area contributed by atoms with Crippen LogP contribution in [0.2, 0.25) is 0 Å². The van der Waals surface area contributed by atoms with E-state index in [1.54, 1.807) is 11.8 Å². The van der Waals surface area contributed by atoms with Crippen LogP contribution in [0, 0.1) is 5.92 Å². The molecule has 0 aromatic carbocycles. The molecule has 0 bridgehead atoms. The highest BCUT2D eigenvalue weighted by atomic mass is 32.2. The summed E-state index contributed by atoms with van der Waals surface area (Å²) in [6, 6.07) is 0. The Hall–Kier alpha value is -0.440. The van der Waals surface area contributed by atoms with Crippen molar-refractivity contribution in [1.82, 2.24) is 5.32 Å². The highest BCUT2D eigenvalue weighted by molar-refractivity contribution is 8.03. The van der Waals surface area contributed by atoms with Crippen LogP contribution in [0.25, 0.3) is 0 Å². The van der Waals surface area contributed by atoms with E-state index in [0.717, 1.165) is 10.8 Å². The first-order valence-electron chi connectivity index (χ1n) is 4.18. The van der Waals surface area contributed by atoms with Crippen LogP contribution in [0.1, 0.15) is 27.7 Å². The van der Waals surface area contributed by atoms with E-state index < -0.39 is 0 Å². The lowest BCUT2D eigenvalue weighted by Gasteiger charge is -2.07. The Bertz CT molecular complexity index is 175. The minimum Gasteiger partial charge on any atom is -0.321 e. The first kappa shape index (κ1) is 11.6. The average Bonchev–Trinajstić information content (AvgIpc) is 1.84. The molecule has 0 unspecified atom stereocenters. The maximum absolute atomic E-state index is 10.7. The van der Waals surface area contributed by atoms with Gasteiger partial charge in [-0.05, 0) is 11.7 Å². The quantitative estimate of drug-likeness (QED) is 0.732. The van der Waals surface area contributed by atoms with Crippen LogP contribution >= 0.6 is 11.8 Å². The number of amides is 1. The first-order valence-corrected chi connectivity index (χ1v) is 5.17. The normalized spacial score (nSPS) is 11.9. The van der Waals surface area contributed by atoms with Crippen LogP contribution in [0.4, 0.5) is 0 Å². The van der Waals surface area contributed by atoms with Crippen LogP contribution in [0.15, 0.2) is 11.1 Å².